The van der Waals surface area contributed by atoms with Gasteiger partial charge in [-0.15, -0.1) is 0 Å². The smallest absolute Gasteiger partial charge is 0.298 e. The minimum absolute atomic E-state index is 0.0205. The van der Waals surface area contributed by atoms with Crippen LogP contribution >= 0.6 is 0 Å². The van der Waals surface area contributed by atoms with Gasteiger partial charge in [-0.2, -0.15) is 10.1 Å². The van der Waals surface area contributed by atoms with E-state index in [4.69, 9.17) is 9.47 Å². The summed E-state index contributed by atoms with van der Waals surface area (Å²) >= 11 is 0. The Bertz CT molecular complexity index is 1510. The summed E-state index contributed by atoms with van der Waals surface area (Å²) in [6.07, 6.45) is 3.23. The summed E-state index contributed by atoms with van der Waals surface area (Å²) in [6, 6.07) is 31.1. The molecule has 1 aliphatic rings. The summed E-state index contributed by atoms with van der Waals surface area (Å²) < 4.78 is 11.1. The van der Waals surface area contributed by atoms with Gasteiger partial charge in [0.2, 0.25) is 0 Å². The summed E-state index contributed by atoms with van der Waals surface area (Å²) in [4.78, 5) is 18.0. The molecule has 0 bridgehead atoms. The van der Waals surface area contributed by atoms with E-state index in [0.29, 0.717) is 22.9 Å². The molecule has 182 valence electrons. The molecular formula is C30H23N3O4. The lowest BCUT2D eigenvalue weighted by atomic mass is 10.2. The van der Waals surface area contributed by atoms with Crippen LogP contribution in [0.2, 0.25) is 0 Å². The van der Waals surface area contributed by atoms with Crippen molar-refractivity contribution in [3.63, 3.8) is 0 Å². The molecule has 1 amide bonds. The first-order valence-electron chi connectivity index (χ1n) is 11.5. The number of nitrogens with zero attached hydrogens (tertiary/aromatic N) is 3. The van der Waals surface area contributed by atoms with Crippen molar-refractivity contribution in [1.29, 1.82) is 0 Å². The van der Waals surface area contributed by atoms with E-state index in [9.17, 15) is 9.90 Å². The number of carbonyl (C=O) groups is 1. The lowest BCUT2D eigenvalue weighted by molar-refractivity contribution is -0.122. The molecule has 4 aromatic rings. The molecule has 0 spiro atoms. The van der Waals surface area contributed by atoms with E-state index in [-0.39, 0.29) is 17.4 Å². The van der Waals surface area contributed by atoms with Gasteiger partial charge in [-0.25, -0.2) is 4.99 Å². The van der Waals surface area contributed by atoms with E-state index >= 15 is 0 Å². The lowest BCUT2D eigenvalue weighted by Gasteiger charge is -2.12. The summed E-state index contributed by atoms with van der Waals surface area (Å²) in [6.45, 7) is 0. The second kappa shape index (κ2) is 10.6. The SMILES string of the molecule is COc1cc(C=NN2C(=O)C(=Cc3cccc(Oc4ccccc4)c3)N=C2c2ccccc2)ccc1O. The fraction of sp³-hybridized carbons (Fsp3) is 0.0333. The molecule has 5 rings (SSSR count). The van der Waals surface area contributed by atoms with Crippen LogP contribution in [-0.4, -0.2) is 35.2 Å². The first kappa shape index (κ1) is 23.6. The second-order valence-electron chi connectivity index (χ2n) is 8.11. The number of aliphatic imine (C=N–C) groups is 1. The Morgan fingerprint density at radius 1 is 0.838 bits per heavy atom. The largest absolute Gasteiger partial charge is 0.504 e. The molecule has 0 saturated heterocycles. The third-order valence-electron chi connectivity index (χ3n) is 5.54. The fourth-order valence-electron chi connectivity index (χ4n) is 3.74. The van der Waals surface area contributed by atoms with Crippen LogP contribution in [0.4, 0.5) is 0 Å². The third-order valence-corrected chi connectivity index (χ3v) is 5.54. The van der Waals surface area contributed by atoms with Crippen molar-refractivity contribution in [2.75, 3.05) is 7.11 Å². The van der Waals surface area contributed by atoms with Crippen LogP contribution in [0.25, 0.3) is 6.08 Å². The number of rotatable bonds is 7. The number of phenols is 1. The molecule has 4 aromatic carbocycles. The number of para-hydroxylation sites is 1. The number of ether oxygens (including phenoxy) is 2. The number of methoxy groups -OCH3 is 1. The number of carbonyl (C=O) groups excluding carboxylic acids is 1. The molecule has 37 heavy (non-hydrogen) atoms. The van der Waals surface area contributed by atoms with E-state index in [1.807, 2.05) is 84.9 Å². The Labute approximate surface area is 214 Å². The molecule has 0 unspecified atom stereocenters. The van der Waals surface area contributed by atoms with Crippen molar-refractivity contribution < 1.29 is 19.4 Å². The zero-order valence-corrected chi connectivity index (χ0v) is 20.0. The van der Waals surface area contributed by atoms with Crippen LogP contribution in [-0.2, 0) is 4.79 Å². The maximum Gasteiger partial charge on any atom is 0.298 e. The van der Waals surface area contributed by atoms with Crippen LogP contribution in [0.15, 0.2) is 119 Å². The van der Waals surface area contributed by atoms with Gasteiger partial charge < -0.3 is 14.6 Å². The molecule has 1 N–H and O–H groups in total. The quantitative estimate of drug-likeness (QED) is 0.260. The highest BCUT2D eigenvalue weighted by Gasteiger charge is 2.31. The number of hydrogen-bond acceptors (Lipinski definition) is 6. The number of phenolic OH excluding ortho intramolecular Hbond substituents is 1. The number of benzene rings is 4. The van der Waals surface area contributed by atoms with Gasteiger partial charge in [0.05, 0.1) is 13.3 Å². The van der Waals surface area contributed by atoms with Gasteiger partial charge in [0.1, 0.15) is 17.2 Å². The summed E-state index contributed by atoms with van der Waals surface area (Å²) in [5, 5.41) is 15.6. The molecular weight excluding hydrogens is 466 g/mol. The zero-order valence-electron chi connectivity index (χ0n) is 20.0. The molecule has 7 heteroatoms. The minimum Gasteiger partial charge on any atom is -0.504 e. The molecule has 1 heterocycles. The van der Waals surface area contributed by atoms with Crippen LogP contribution in [0.5, 0.6) is 23.0 Å². The van der Waals surface area contributed by atoms with Gasteiger partial charge >= 0.3 is 0 Å². The highest BCUT2D eigenvalue weighted by molar-refractivity contribution is 6.19. The molecule has 0 aromatic heterocycles. The molecule has 0 radical (unpaired) electrons. The molecule has 7 nitrogen and oxygen atoms in total. The van der Waals surface area contributed by atoms with E-state index in [2.05, 4.69) is 10.1 Å². The Hall–Kier alpha value is -5.17. The van der Waals surface area contributed by atoms with Crippen LogP contribution < -0.4 is 9.47 Å². The minimum atomic E-state index is -0.366. The Morgan fingerprint density at radius 3 is 2.32 bits per heavy atom. The molecule has 0 saturated carbocycles. The normalized spacial score (nSPS) is 14.3. The summed E-state index contributed by atoms with van der Waals surface area (Å²) in [5.41, 5.74) is 2.41. The fourth-order valence-corrected chi connectivity index (χ4v) is 3.74. The van der Waals surface area contributed by atoms with Crippen molar-refractivity contribution in [2.45, 2.75) is 0 Å². The van der Waals surface area contributed by atoms with Crippen LogP contribution in [0.3, 0.4) is 0 Å². The molecule has 0 fully saturated rings. The topological polar surface area (TPSA) is 83.7 Å². The summed E-state index contributed by atoms with van der Waals surface area (Å²) in [5.74, 6) is 1.75. The predicted octanol–water partition coefficient (Wildman–Crippen LogP) is 5.86. The van der Waals surface area contributed by atoms with Crippen molar-refractivity contribution in [1.82, 2.24) is 5.01 Å². The molecule has 1 aliphatic heterocycles. The average Bonchev–Trinajstić information content (AvgIpc) is 3.24. The third kappa shape index (κ3) is 5.41. The number of amides is 1. The van der Waals surface area contributed by atoms with E-state index in [1.54, 1.807) is 18.2 Å². The highest BCUT2D eigenvalue weighted by Crippen LogP contribution is 2.27. The van der Waals surface area contributed by atoms with Crippen molar-refractivity contribution in [2.24, 2.45) is 10.1 Å². The Kier molecular flexibility index (Phi) is 6.76. The average molecular weight is 490 g/mol. The number of hydrazone groups is 1. The van der Waals surface area contributed by atoms with Gasteiger partial charge in [-0.05, 0) is 59.7 Å². The zero-order chi connectivity index (χ0) is 25.6. The number of aromatic hydroxyl groups is 1. The van der Waals surface area contributed by atoms with Gasteiger partial charge in [-0.1, -0.05) is 60.7 Å². The molecule has 0 atom stereocenters. The van der Waals surface area contributed by atoms with E-state index < -0.39 is 0 Å². The van der Waals surface area contributed by atoms with Crippen molar-refractivity contribution in [3.05, 3.63) is 126 Å². The monoisotopic (exact) mass is 489 g/mol. The maximum absolute atomic E-state index is 13.4. The molecule has 0 aliphatic carbocycles. The van der Waals surface area contributed by atoms with E-state index in [0.717, 1.165) is 16.9 Å². The first-order valence-corrected chi connectivity index (χ1v) is 11.5. The van der Waals surface area contributed by atoms with Gasteiger partial charge in [0.15, 0.2) is 17.3 Å². The number of amidine groups is 1. The van der Waals surface area contributed by atoms with Crippen LogP contribution in [0, 0.1) is 0 Å². The van der Waals surface area contributed by atoms with E-state index in [1.165, 1.54) is 24.4 Å². The highest BCUT2D eigenvalue weighted by atomic mass is 16.5. The summed E-state index contributed by atoms with van der Waals surface area (Å²) in [7, 11) is 1.47. The number of hydrogen-bond donors (Lipinski definition) is 1. The Balaban J connectivity index is 1.46. The first-order chi connectivity index (χ1) is 18.1. The van der Waals surface area contributed by atoms with Gasteiger partial charge in [0.25, 0.3) is 5.91 Å². The predicted molar refractivity (Wildman–Crippen MR) is 143 cm³/mol. The lowest BCUT2D eigenvalue weighted by Crippen LogP contribution is -2.27. The van der Waals surface area contributed by atoms with Crippen LogP contribution in [0.1, 0.15) is 16.7 Å². The maximum atomic E-state index is 13.4. The Morgan fingerprint density at radius 2 is 1.57 bits per heavy atom. The standard InChI is InChI=1S/C30H23N3O4/c1-36-28-19-22(15-16-27(28)34)20-31-33-29(23-10-4-2-5-11-23)32-26(30(33)35)18-21-9-8-14-25(17-21)37-24-12-6-3-7-13-24/h2-20,34H,1H3. The van der Waals surface area contributed by atoms with Crippen molar-refractivity contribution >= 4 is 24.0 Å². The second-order valence-corrected chi connectivity index (χ2v) is 8.11. The van der Waals surface area contributed by atoms with Crippen molar-refractivity contribution in [3.8, 4) is 23.0 Å². The van der Waals surface area contributed by atoms with Gasteiger partial charge in [-0.3, -0.25) is 4.79 Å². The van der Waals surface area contributed by atoms with Gasteiger partial charge in [0, 0.05) is 5.56 Å².